The van der Waals surface area contributed by atoms with E-state index >= 15 is 0 Å². The van der Waals surface area contributed by atoms with Crippen LogP contribution in [0, 0.1) is 18.7 Å². The molecule has 1 atom stereocenters. The highest BCUT2D eigenvalue weighted by atomic mass is 35.5. The summed E-state index contributed by atoms with van der Waals surface area (Å²) in [7, 11) is 0. The Labute approximate surface area is 185 Å². The fourth-order valence-corrected chi connectivity index (χ4v) is 4.23. The largest absolute Gasteiger partial charge is 0.339 e. The Balaban J connectivity index is 1.36. The van der Waals surface area contributed by atoms with Crippen molar-refractivity contribution in [3.8, 4) is 0 Å². The Morgan fingerprint density at radius 2 is 1.65 bits per heavy atom. The predicted molar refractivity (Wildman–Crippen MR) is 116 cm³/mol. The summed E-state index contributed by atoms with van der Waals surface area (Å²) in [4.78, 5) is 42.8. The number of rotatable bonds is 3. The van der Waals surface area contributed by atoms with E-state index in [4.69, 9.17) is 11.6 Å². The van der Waals surface area contributed by atoms with Gasteiger partial charge in [0.05, 0.1) is 11.6 Å². The Morgan fingerprint density at radius 1 is 1.00 bits per heavy atom. The van der Waals surface area contributed by atoms with Gasteiger partial charge in [-0.2, -0.15) is 0 Å². The molecule has 0 saturated carbocycles. The zero-order valence-electron chi connectivity index (χ0n) is 17.2. The molecule has 6 nitrogen and oxygen atoms in total. The summed E-state index contributed by atoms with van der Waals surface area (Å²) in [6, 6.07) is 11.4. The summed E-state index contributed by atoms with van der Waals surface area (Å²) in [5, 5.41) is 0.567. The number of hydrogen-bond donors (Lipinski definition) is 0. The maximum atomic E-state index is 14.3. The molecule has 0 bridgehead atoms. The summed E-state index contributed by atoms with van der Waals surface area (Å²) in [6.45, 7) is 3.60. The third-order valence-electron chi connectivity index (χ3n) is 5.84. The first-order valence-electron chi connectivity index (χ1n) is 10.2. The molecule has 1 unspecified atom stereocenters. The average Bonchev–Trinajstić information content (AvgIpc) is 3.15. The summed E-state index contributed by atoms with van der Waals surface area (Å²) < 4.78 is 14.3. The fraction of sp³-hybridized carbons (Fsp3) is 0.348. The number of nitrogens with zero attached hydrogens (tertiary/aromatic N) is 3. The minimum Gasteiger partial charge on any atom is -0.339 e. The SMILES string of the molecule is Cc1ccc(N2CC(C(=O)N3CCN(C(=O)c4ccc(Cl)cc4)CC3)CC2=O)c(F)c1. The molecular weight excluding hydrogens is 421 g/mol. The number of hydrogen-bond acceptors (Lipinski definition) is 3. The highest BCUT2D eigenvalue weighted by Gasteiger charge is 2.39. The number of carbonyl (C=O) groups excluding carboxylic acids is 3. The van der Waals surface area contributed by atoms with Crippen molar-refractivity contribution in [2.45, 2.75) is 13.3 Å². The van der Waals surface area contributed by atoms with Crippen molar-refractivity contribution >= 4 is 35.0 Å². The van der Waals surface area contributed by atoms with Crippen LogP contribution in [0.15, 0.2) is 42.5 Å². The van der Waals surface area contributed by atoms with Crippen LogP contribution >= 0.6 is 11.6 Å². The molecule has 4 rings (SSSR count). The number of piperazine rings is 1. The zero-order valence-corrected chi connectivity index (χ0v) is 17.9. The Hall–Kier alpha value is -2.93. The van der Waals surface area contributed by atoms with Crippen LogP contribution in [0.2, 0.25) is 5.02 Å². The highest BCUT2D eigenvalue weighted by Crippen LogP contribution is 2.29. The quantitative estimate of drug-likeness (QED) is 0.732. The van der Waals surface area contributed by atoms with Crippen LogP contribution in [0.5, 0.6) is 0 Å². The summed E-state index contributed by atoms with van der Waals surface area (Å²) in [5.41, 5.74) is 1.54. The van der Waals surface area contributed by atoms with Crippen molar-refractivity contribution in [3.05, 3.63) is 64.4 Å². The van der Waals surface area contributed by atoms with E-state index in [1.165, 1.54) is 11.0 Å². The van der Waals surface area contributed by atoms with Crippen molar-refractivity contribution in [3.63, 3.8) is 0 Å². The first-order valence-corrected chi connectivity index (χ1v) is 10.6. The van der Waals surface area contributed by atoms with E-state index in [2.05, 4.69) is 0 Å². The smallest absolute Gasteiger partial charge is 0.253 e. The number of aryl methyl sites for hydroxylation is 1. The van der Waals surface area contributed by atoms with Gasteiger partial charge in [0.2, 0.25) is 11.8 Å². The minimum atomic E-state index is -0.508. The van der Waals surface area contributed by atoms with Gasteiger partial charge >= 0.3 is 0 Å². The molecule has 0 aromatic heterocycles. The van der Waals surface area contributed by atoms with Gasteiger partial charge in [0.15, 0.2) is 0 Å². The monoisotopic (exact) mass is 443 g/mol. The van der Waals surface area contributed by atoms with Gasteiger partial charge in [-0.25, -0.2) is 4.39 Å². The minimum absolute atomic E-state index is 0.0655. The number of carbonyl (C=O) groups is 3. The summed E-state index contributed by atoms with van der Waals surface area (Å²) >= 11 is 5.88. The van der Waals surface area contributed by atoms with Crippen LogP contribution in [-0.4, -0.2) is 60.2 Å². The Morgan fingerprint density at radius 3 is 2.29 bits per heavy atom. The molecule has 3 amide bonds. The molecule has 2 heterocycles. The molecule has 2 aromatic rings. The molecule has 0 radical (unpaired) electrons. The van der Waals surface area contributed by atoms with Crippen LogP contribution in [0.4, 0.5) is 10.1 Å². The molecule has 0 N–H and O–H groups in total. The third kappa shape index (κ3) is 4.42. The molecule has 2 saturated heterocycles. The predicted octanol–water partition coefficient (Wildman–Crippen LogP) is 3.13. The van der Waals surface area contributed by atoms with Crippen LogP contribution in [0.3, 0.4) is 0 Å². The van der Waals surface area contributed by atoms with Crippen molar-refractivity contribution in [1.29, 1.82) is 0 Å². The van der Waals surface area contributed by atoms with E-state index in [1.807, 2.05) is 0 Å². The van der Waals surface area contributed by atoms with Gasteiger partial charge in [-0.05, 0) is 48.9 Å². The second-order valence-corrected chi connectivity index (χ2v) is 8.42. The van der Waals surface area contributed by atoms with Crippen molar-refractivity contribution < 1.29 is 18.8 Å². The van der Waals surface area contributed by atoms with Crippen molar-refractivity contribution in [2.75, 3.05) is 37.6 Å². The fourth-order valence-electron chi connectivity index (χ4n) is 4.10. The van der Waals surface area contributed by atoms with E-state index in [0.717, 1.165) is 5.56 Å². The standard InChI is InChI=1S/C23H23ClFN3O3/c1-15-2-7-20(19(25)12-15)28-14-17(13-21(28)29)23(31)27-10-8-26(9-11-27)22(30)16-3-5-18(24)6-4-16/h2-7,12,17H,8-11,13-14H2,1H3. The number of anilines is 1. The van der Waals surface area contributed by atoms with Crippen LogP contribution in [0.1, 0.15) is 22.3 Å². The molecule has 0 aliphatic carbocycles. The molecule has 8 heteroatoms. The van der Waals surface area contributed by atoms with E-state index in [0.29, 0.717) is 36.8 Å². The second kappa shape index (κ2) is 8.67. The first-order chi connectivity index (χ1) is 14.8. The van der Waals surface area contributed by atoms with Crippen molar-refractivity contribution in [2.24, 2.45) is 5.92 Å². The third-order valence-corrected chi connectivity index (χ3v) is 6.09. The Kier molecular flexibility index (Phi) is 5.96. The van der Waals surface area contributed by atoms with Gasteiger partial charge in [-0.3, -0.25) is 14.4 Å². The van der Waals surface area contributed by atoms with E-state index in [1.54, 1.807) is 53.1 Å². The van der Waals surface area contributed by atoms with Gasteiger partial charge in [0.1, 0.15) is 5.82 Å². The average molecular weight is 444 g/mol. The highest BCUT2D eigenvalue weighted by molar-refractivity contribution is 6.30. The topological polar surface area (TPSA) is 60.9 Å². The maximum Gasteiger partial charge on any atom is 0.253 e. The molecule has 2 aliphatic rings. The molecule has 31 heavy (non-hydrogen) atoms. The van der Waals surface area contributed by atoms with E-state index in [-0.39, 0.29) is 36.4 Å². The summed E-state index contributed by atoms with van der Waals surface area (Å²) in [6.07, 6.45) is 0.0655. The lowest BCUT2D eigenvalue weighted by molar-refractivity contribution is -0.137. The molecule has 0 spiro atoms. The maximum absolute atomic E-state index is 14.3. The van der Waals surface area contributed by atoms with Gasteiger partial charge in [0, 0.05) is 49.7 Å². The van der Waals surface area contributed by atoms with Gasteiger partial charge < -0.3 is 14.7 Å². The van der Waals surface area contributed by atoms with Gasteiger partial charge in [0.25, 0.3) is 5.91 Å². The molecule has 2 aromatic carbocycles. The lowest BCUT2D eigenvalue weighted by atomic mass is 10.1. The molecule has 162 valence electrons. The van der Waals surface area contributed by atoms with Crippen molar-refractivity contribution in [1.82, 2.24) is 9.80 Å². The van der Waals surface area contributed by atoms with Crippen LogP contribution in [-0.2, 0) is 9.59 Å². The van der Waals surface area contributed by atoms with Crippen LogP contribution in [0.25, 0.3) is 0 Å². The molecule has 2 aliphatic heterocycles. The molecular formula is C23H23ClFN3O3. The molecule has 2 fully saturated rings. The normalized spacial score (nSPS) is 19.1. The van der Waals surface area contributed by atoms with E-state index in [9.17, 15) is 18.8 Å². The van der Waals surface area contributed by atoms with Crippen LogP contribution < -0.4 is 4.90 Å². The van der Waals surface area contributed by atoms with Gasteiger partial charge in [-0.15, -0.1) is 0 Å². The first kappa shape index (κ1) is 21.3. The van der Waals surface area contributed by atoms with Gasteiger partial charge in [-0.1, -0.05) is 17.7 Å². The number of amides is 3. The number of halogens is 2. The summed E-state index contributed by atoms with van der Waals surface area (Å²) in [5.74, 6) is -1.44. The zero-order chi connectivity index (χ0) is 22.1. The Bertz CT molecular complexity index is 1020. The number of benzene rings is 2. The second-order valence-electron chi connectivity index (χ2n) is 7.98. The lowest BCUT2D eigenvalue weighted by Gasteiger charge is -2.36. The van der Waals surface area contributed by atoms with E-state index < -0.39 is 11.7 Å². The lowest BCUT2D eigenvalue weighted by Crippen LogP contribution is -2.52.